The molecule has 0 saturated carbocycles. The first-order valence-electron chi connectivity index (χ1n) is 8.02. The van der Waals surface area contributed by atoms with Crippen LogP contribution in [0.15, 0.2) is 66.7 Å². The Balaban J connectivity index is 2.09. The summed E-state index contributed by atoms with van der Waals surface area (Å²) in [5.41, 5.74) is 4.53. The van der Waals surface area contributed by atoms with E-state index in [4.69, 9.17) is 0 Å². The van der Waals surface area contributed by atoms with Crippen molar-refractivity contribution in [3.8, 4) is 28.0 Å². The summed E-state index contributed by atoms with van der Waals surface area (Å²) in [4.78, 5) is 0. The normalized spacial score (nSPS) is 12.3. The molecular weight excluding hydrogens is 312 g/mol. The minimum Gasteiger partial charge on any atom is -0.507 e. The molecule has 1 heterocycles. The van der Waals surface area contributed by atoms with Crippen molar-refractivity contribution in [2.45, 2.75) is 0 Å². The maximum atomic E-state index is 10.7. The zero-order valence-corrected chi connectivity index (χ0v) is 13.5. The molecule has 0 unspecified atom stereocenters. The standard InChI is InChI=1S/C22H12OS/c23-16-10-8-12-9-11-18-22-19(12)20(16)14-5-2-1-4-13(14)15-6-3-7-17(24-18)21(15)22/h1-11,23H. The van der Waals surface area contributed by atoms with E-state index >= 15 is 0 Å². The summed E-state index contributed by atoms with van der Waals surface area (Å²) in [6.07, 6.45) is 0. The van der Waals surface area contributed by atoms with E-state index < -0.39 is 0 Å². The molecule has 1 nitrogen and oxygen atoms in total. The average molecular weight is 324 g/mol. The fourth-order valence-corrected chi connectivity index (χ4v) is 5.29. The Hall–Kier alpha value is -2.84. The molecule has 0 bridgehead atoms. The first kappa shape index (κ1) is 12.6. The van der Waals surface area contributed by atoms with Crippen LogP contribution >= 0.6 is 11.3 Å². The van der Waals surface area contributed by atoms with Crippen LogP contribution in [0.3, 0.4) is 0 Å². The predicted molar refractivity (Wildman–Crippen MR) is 103 cm³/mol. The summed E-state index contributed by atoms with van der Waals surface area (Å²) in [5.74, 6) is 0.356. The van der Waals surface area contributed by atoms with Crippen molar-refractivity contribution in [1.82, 2.24) is 0 Å². The van der Waals surface area contributed by atoms with Crippen LogP contribution in [-0.4, -0.2) is 5.11 Å². The second-order valence-electron chi connectivity index (χ2n) is 6.32. The lowest BCUT2D eigenvalue weighted by Gasteiger charge is -2.12. The summed E-state index contributed by atoms with van der Waals surface area (Å²) in [7, 11) is 0. The van der Waals surface area contributed by atoms with Crippen molar-refractivity contribution in [3.05, 3.63) is 66.7 Å². The molecule has 0 aliphatic heterocycles. The third kappa shape index (κ3) is 1.36. The molecule has 1 aromatic heterocycles. The van der Waals surface area contributed by atoms with Gasteiger partial charge in [-0.05, 0) is 40.3 Å². The minimum absolute atomic E-state index is 0.356. The van der Waals surface area contributed by atoms with Crippen molar-refractivity contribution >= 4 is 42.3 Å². The maximum absolute atomic E-state index is 10.7. The van der Waals surface area contributed by atoms with Gasteiger partial charge in [0.25, 0.3) is 0 Å². The molecule has 0 spiro atoms. The minimum atomic E-state index is 0.356. The van der Waals surface area contributed by atoms with Gasteiger partial charge in [-0.25, -0.2) is 0 Å². The number of phenolic OH excluding ortho intramolecular Hbond substituents is 1. The maximum Gasteiger partial charge on any atom is 0.124 e. The lowest BCUT2D eigenvalue weighted by Crippen LogP contribution is -1.85. The predicted octanol–water partition coefficient (Wildman–Crippen LogP) is 6.56. The number of phenols is 1. The number of aromatic hydroxyl groups is 1. The largest absolute Gasteiger partial charge is 0.507 e. The van der Waals surface area contributed by atoms with Gasteiger partial charge in [0.2, 0.25) is 0 Å². The van der Waals surface area contributed by atoms with E-state index in [-0.39, 0.29) is 0 Å². The second kappa shape index (κ2) is 4.16. The number of fused-ring (bicyclic) bond motifs is 3. The topological polar surface area (TPSA) is 20.2 Å². The van der Waals surface area contributed by atoms with Gasteiger partial charge in [-0.15, -0.1) is 11.3 Å². The number of rotatable bonds is 0. The monoisotopic (exact) mass is 324 g/mol. The zero-order chi connectivity index (χ0) is 15.8. The number of hydrogen-bond donors (Lipinski definition) is 1. The summed E-state index contributed by atoms with van der Waals surface area (Å²) >= 11 is 1.83. The lowest BCUT2D eigenvalue weighted by molar-refractivity contribution is 0.478. The Morgan fingerprint density at radius 2 is 1.33 bits per heavy atom. The molecule has 1 N–H and O–H groups in total. The van der Waals surface area contributed by atoms with Crippen LogP contribution in [0.1, 0.15) is 0 Å². The Morgan fingerprint density at radius 1 is 0.583 bits per heavy atom. The van der Waals surface area contributed by atoms with Crippen LogP contribution in [0.2, 0.25) is 0 Å². The van der Waals surface area contributed by atoms with Crippen LogP contribution in [0.5, 0.6) is 5.75 Å². The van der Waals surface area contributed by atoms with Crippen molar-refractivity contribution in [1.29, 1.82) is 0 Å². The molecule has 6 rings (SSSR count). The lowest BCUT2D eigenvalue weighted by atomic mass is 9.93. The molecule has 1 aliphatic rings. The van der Waals surface area contributed by atoms with Gasteiger partial charge in [-0.3, -0.25) is 0 Å². The molecule has 1 aliphatic carbocycles. The number of thiophene rings is 1. The van der Waals surface area contributed by atoms with E-state index in [0.29, 0.717) is 5.75 Å². The molecule has 2 heteroatoms. The third-order valence-electron chi connectivity index (χ3n) is 5.11. The van der Waals surface area contributed by atoms with Gasteiger partial charge >= 0.3 is 0 Å². The molecule has 112 valence electrons. The summed E-state index contributed by atoms with van der Waals surface area (Å²) < 4.78 is 2.59. The van der Waals surface area contributed by atoms with E-state index in [9.17, 15) is 5.11 Å². The first-order chi connectivity index (χ1) is 11.8. The van der Waals surface area contributed by atoms with Crippen molar-refractivity contribution in [3.63, 3.8) is 0 Å². The molecular formula is C22H12OS. The molecule has 24 heavy (non-hydrogen) atoms. The SMILES string of the molecule is Oc1ccc2ccc3sc4cccc5c4c3c2c1-c1ccccc1-5. The molecule has 5 aromatic rings. The highest BCUT2D eigenvalue weighted by atomic mass is 32.1. The van der Waals surface area contributed by atoms with Crippen molar-refractivity contribution in [2.75, 3.05) is 0 Å². The zero-order valence-electron chi connectivity index (χ0n) is 12.7. The van der Waals surface area contributed by atoms with E-state index in [1.165, 1.54) is 42.1 Å². The van der Waals surface area contributed by atoms with E-state index in [0.717, 1.165) is 11.1 Å². The van der Waals surface area contributed by atoms with Gasteiger partial charge in [-0.2, -0.15) is 0 Å². The van der Waals surface area contributed by atoms with Crippen molar-refractivity contribution < 1.29 is 5.11 Å². The summed E-state index contributed by atoms with van der Waals surface area (Å²) in [6, 6.07) is 23.2. The fourth-order valence-electron chi connectivity index (χ4n) is 4.15. The van der Waals surface area contributed by atoms with Gasteiger partial charge in [-0.1, -0.05) is 48.5 Å². The van der Waals surface area contributed by atoms with Crippen LogP contribution in [-0.2, 0) is 0 Å². The molecule has 0 saturated heterocycles. The van der Waals surface area contributed by atoms with E-state index in [1.807, 2.05) is 23.5 Å². The highest BCUT2D eigenvalue weighted by Gasteiger charge is 2.23. The van der Waals surface area contributed by atoms with Crippen LogP contribution in [0, 0.1) is 0 Å². The average Bonchev–Trinajstić information content (AvgIpc) is 2.94. The highest BCUT2D eigenvalue weighted by molar-refractivity contribution is 7.26. The highest BCUT2D eigenvalue weighted by Crippen LogP contribution is 2.52. The Bertz CT molecular complexity index is 1310. The molecule has 0 amide bonds. The third-order valence-corrected chi connectivity index (χ3v) is 6.23. The van der Waals surface area contributed by atoms with Crippen molar-refractivity contribution in [2.24, 2.45) is 0 Å². The molecule has 4 aromatic carbocycles. The molecule has 0 atom stereocenters. The number of benzene rings is 4. The molecule has 0 fully saturated rings. The van der Waals surface area contributed by atoms with Gasteiger partial charge in [0.1, 0.15) is 5.75 Å². The Kier molecular flexibility index (Phi) is 2.18. The van der Waals surface area contributed by atoms with Gasteiger partial charge in [0, 0.05) is 31.1 Å². The smallest absolute Gasteiger partial charge is 0.124 e. The van der Waals surface area contributed by atoms with Gasteiger partial charge < -0.3 is 5.11 Å². The summed E-state index contributed by atoms with van der Waals surface area (Å²) in [5, 5.41) is 15.7. The Labute approximate surface area is 142 Å². The Morgan fingerprint density at radius 3 is 2.25 bits per heavy atom. The van der Waals surface area contributed by atoms with Crippen LogP contribution in [0.25, 0.3) is 53.2 Å². The van der Waals surface area contributed by atoms with Crippen LogP contribution < -0.4 is 0 Å². The number of hydrogen-bond acceptors (Lipinski definition) is 2. The fraction of sp³-hybridized carbons (Fsp3) is 0. The molecule has 0 radical (unpaired) electrons. The van der Waals surface area contributed by atoms with Crippen LogP contribution in [0.4, 0.5) is 0 Å². The van der Waals surface area contributed by atoms with Gasteiger partial charge in [0.15, 0.2) is 0 Å². The van der Waals surface area contributed by atoms with E-state index in [1.54, 1.807) is 0 Å². The van der Waals surface area contributed by atoms with Gasteiger partial charge in [0.05, 0.1) is 0 Å². The summed E-state index contributed by atoms with van der Waals surface area (Å²) in [6.45, 7) is 0. The quantitative estimate of drug-likeness (QED) is 0.335. The second-order valence-corrected chi connectivity index (χ2v) is 7.41. The van der Waals surface area contributed by atoms with E-state index in [2.05, 4.69) is 54.6 Å². The first-order valence-corrected chi connectivity index (χ1v) is 8.84.